The van der Waals surface area contributed by atoms with Crippen LogP contribution in [0.3, 0.4) is 0 Å². The van der Waals surface area contributed by atoms with Gasteiger partial charge in [0.15, 0.2) is 0 Å². The summed E-state index contributed by atoms with van der Waals surface area (Å²) in [6.07, 6.45) is -13.6. The first kappa shape index (κ1) is 25.8. The first-order chi connectivity index (χ1) is 16.1. The number of rotatable bonds is 5. The van der Waals surface area contributed by atoms with Gasteiger partial charge in [-0.1, -0.05) is 12.1 Å². The fraction of sp³-hybridized carbons (Fsp3) is 0.182. The summed E-state index contributed by atoms with van der Waals surface area (Å²) in [6.45, 7) is 0. The van der Waals surface area contributed by atoms with E-state index in [4.69, 9.17) is 0 Å². The predicted octanol–water partition coefficient (Wildman–Crippen LogP) is 6.54. The van der Waals surface area contributed by atoms with Crippen molar-refractivity contribution in [2.75, 3.05) is 0 Å². The molecule has 1 heterocycles. The Labute approximate surface area is 191 Å². The lowest BCUT2D eigenvalue weighted by Crippen LogP contribution is -2.31. The maximum absolute atomic E-state index is 13.6. The maximum Gasteiger partial charge on any atom is 0.573 e. The molecule has 0 aliphatic carbocycles. The van der Waals surface area contributed by atoms with Crippen molar-refractivity contribution in [2.45, 2.75) is 24.8 Å². The van der Waals surface area contributed by atoms with E-state index in [1.54, 1.807) is 0 Å². The smallest absolute Gasteiger partial charge is 0.406 e. The first-order valence-electron chi connectivity index (χ1n) is 9.51. The zero-order valence-electron chi connectivity index (χ0n) is 17.1. The summed E-state index contributed by atoms with van der Waals surface area (Å²) in [5, 5.41) is 2.26. The SMILES string of the molecule is O=C(NC(c1ccc(C(F)(F)F)cc1)c1ncccc1C(F)(F)F)c1ccc(OC(F)(F)F)cc1. The summed E-state index contributed by atoms with van der Waals surface area (Å²) in [7, 11) is 0. The quantitative estimate of drug-likeness (QED) is 0.399. The standard InChI is InChI=1S/C22H13F9N2O2/c23-20(24,25)14-7-3-12(4-8-14)17(18-16(21(26,27)28)2-1-11-32-18)33-19(34)13-5-9-15(10-6-13)35-22(29,30)31/h1-11,17H,(H,33,34). The molecule has 1 N–H and O–H groups in total. The van der Waals surface area contributed by atoms with E-state index >= 15 is 0 Å². The van der Waals surface area contributed by atoms with Crippen molar-refractivity contribution in [3.63, 3.8) is 0 Å². The fourth-order valence-corrected chi connectivity index (χ4v) is 3.08. The Kier molecular flexibility index (Phi) is 6.99. The molecule has 3 rings (SSSR count). The van der Waals surface area contributed by atoms with Gasteiger partial charge in [0.1, 0.15) is 5.75 Å². The van der Waals surface area contributed by atoms with Crippen LogP contribution in [0.4, 0.5) is 39.5 Å². The van der Waals surface area contributed by atoms with Crippen LogP contribution in [0.15, 0.2) is 66.9 Å². The Morgan fingerprint density at radius 3 is 1.91 bits per heavy atom. The molecule has 186 valence electrons. The van der Waals surface area contributed by atoms with E-state index in [0.717, 1.165) is 48.7 Å². The van der Waals surface area contributed by atoms with Crippen molar-refractivity contribution >= 4 is 5.91 Å². The zero-order chi connectivity index (χ0) is 26.0. The van der Waals surface area contributed by atoms with Gasteiger partial charge in [0.05, 0.1) is 22.9 Å². The van der Waals surface area contributed by atoms with Crippen LogP contribution in [0.25, 0.3) is 0 Å². The van der Waals surface area contributed by atoms with Gasteiger partial charge in [-0.2, -0.15) is 26.3 Å². The molecule has 0 bridgehead atoms. The summed E-state index contributed by atoms with van der Waals surface area (Å²) >= 11 is 0. The lowest BCUT2D eigenvalue weighted by molar-refractivity contribution is -0.274. The third-order valence-corrected chi connectivity index (χ3v) is 4.61. The molecule has 0 saturated heterocycles. The molecule has 0 aliphatic heterocycles. The van der Waals surface area contributed by atoms with Crippen LogP contribution in [-0.2, 0) is 12.4 Å². The summed E-state index contributed by atoms with van der Waals surface area (Å²) in [6, 6.07) is 6.59. The van der Waals surface area contributed by atoms with E-state index in [2.05, 4.69) is 15.0 Å². The highest BCUT2D eigenvalue weighted by Crippen LogP contribution is 2.36. The average molecular weight is 508 g/mol. The Morgan fingerprint density at radius 1 is 0.800 bits per heavy atom. The number of aromatic nitrogens is 1. The van der Waals surface area contributed by atoms with E-state index in [-0.39, 0.29) is 11.1 Å². The first-order valence-corrected chi connectivity index (χ1v) is 9.51. The Hall–Kier alpha value is -3.77. The molecule has 0 spiro atoms. The van der Waals surface area contributed by atoms with Gasteiger partial charge >= 0.3 is 18.7 Å². The molecule has 2 aromatic carbocycles. The topological polar surface area (TPSA) is 51.2 Å². The molecule has 1 aromatic heterocycles. The minimum Gasteiger partial charge on any atom is -0.406 e. The second kappa shape index (κ2) is 9.47. The summed E-state index contributed by atoms with van der Waals surface area (Å²) < 4.78 is 120. The van der Waals surface area contributed by atoms with Gasteiger partial charge in [-0.25, -0.2) is 0 Å². The number of pyridine rings is 1. The van der Waals surface area contributed by atoms with Gasteiger partial charge in [-0.05, 0) is 54.1 Å². The lowest BCUT2D eigenvalue weighted by Gasteiger charge is -2.23. The third-order valence-electron chi connectivity index (χ3n) is 4.61. The van der Waals surface area contributed by atoms with Crippen molar-refractivity contribution in [3.05, 3.63) is 94.8 Å². The van der Waals surface area contributed by atoms with Gasteiger partial charge in [0.2, 0.25) is 0 Å². The number of carbonyl (C=O) groups is 1. The predicted molar refractivity (Wildman–Crippen MR) is 103 cm³/mol. The molecule has 3 aromatic rings. The number of ether oxygens (including phenoxy) is 1. The molecular weight excluding hydrogens is 495 g/mol. The number of alkyl halides is 9. The maximum atomic E-state index is 13.6. The van der Waals surface area contributed by atoms with Crippen molar-refractivity contribution < 1.29 is 49.0 Å². The minimum atomic E-state index is -4.98. The van der Waals surface area contributed by atoms with Crippen LogP contribution in [0.5, 0.6) is 5.75 Å². The Balaban J connectivity index is 1.99. The van der Waals surface area contributed by atoms with Crippen LogP contribution in [0.2, 0.25) is 0 Å². The average Bonchev–Trinajstić information content (AvgIpc) is 2.76. The lowest BCUT2D eigenvalue weighted by atomic mass is 9.97. The monoisotopic (exact) mass is 508 g/mol. The van der Waals surface area contributed by atoms with Gasteiger partial charge in [0.25, 0.3) is 5.91 Å². The molecule has 0 radical (unpaired) electrons. The number of benzene rings is 2. The summed E-state index contributed by atoms with van der Waals surface area (Å²) in [5.41, 5.74) is -3.39. The highest BCUT2D eigenvalue weighted by molar-refractivity contribution is 5.94. The molecule has 1 unspecified atom stereocenters. The largest absolute Gasteiger partial charge is 0.573 e. The molecule has 0 fully saturated rings. The number of nitrogens with zero attached hydrogens (tertiary/aromatic N) is 1. The Morgan fingerprint density at radius 2 is 1.40 bits per heavy atom. The normalized spacial score (nSPS) is 13.3. The van der Waals surface area contributed by atoms with E-state index in [9.17, 15) is 44.3 Å². The highest BCUT2D eigenvalue weighted by atomic mass is 19.4. The van der Waals surface area contributed by atoms with E-state index in [1.807, 2.05) is 0 Å². The molecule has 0 saturated carbocycles. The molecule has 0 aliphatic rings. The number of hydrogen-bond donors (Lipinski definition) is 1. The Bertz CT molecular complexity index is 1170. The third kappa shape index (κ3) is 6.64. The molecular formula is C22H13F9N2O2. The van der Waals surface area contributed by atoms with Crippen molar-refractivity contribution in [2.24, 2.45) is 0 Å². The summed E-state index contributed by atoms with van der Waals surface area (Å²) in [4.78, 5) is 16.4. The fourth-order valence-electron chi connectivity index (χ4n) is 3.08. The van der Waals surface area contributed by atoms with Gasteiger partial charge in [0, 0.05) is 11.8 Å². The molecule has 1 amide bonds. The number of amides is 1. The molecule has 1 atom stereocenters. The van der Waals surface area contributed by atoms with Crippen molar-refractivity contribution in [3.8, 4) is 5.75 Å². The minimum absolute atomic E-state index is 0.146. The molecule has 35 heavy (non-hydrogen) atoms. The van der Waals surface area contributed by atoms with Gasteiger partial charge in [-0.3, -0.25) is 9.78 Å². The van der Waals surface area contributed by atoms with Crippen LogP contribution in [0.1, 0.15) is 38.8 Å². The second-order valence-electron chi connectivity index (χ2n) is 7.03. The van der Waals surface area contributed by atoms with Crippen LogP contribution >= 0.6 is 0 Å². The van der Waals surface area contributed by atoms with Crippen LogP contribution in [0, 0.1) is 0 Å². The number of nitrogens with one attached hydrogen (secondary N) is 1. The molecule has 4 nitrogen and oxygen atoms in total. The van der Waals surface area contributed by atoms with E-state index < -0.39 is 53.2 Å². The van der Waals surface area contributed by atoms with Crippen molar-refractivity contribution in [1.29, 1.82) is 0 Å². The second-order valence-corrected chi connectivity index (χ2v) is 7.03. The molecule has 13 heteroatoms. The van der Waals surface area contributed by atoms with Gasteiger partial charge in [-0.15, -0.1) is 13.2 Å². The highest BCUT2D eigenvalue weighted by Gasteiger charge is 2.37. The summed E-state index contributed by atoms with van der Waals surface area (Å²) in [5.74, 6) is -1.66. The van der Waals surface area contributed by atoms with Crippen molar-refractivity contribution in [1.82, 2.24) is 10.3 Å². The zero-order valence-corrected chi connectivity index (χ0v) is 17.1. The van der Waals surface area contributed by atoms with E-state index in [0.29, 0.717) is 18.2 Å². The number of hydrogen-bond acceptors (Lipinski definition) is 3. The van der Waals surface area contributed by atoms with E-state index in [1.165, 1.54) is 0 Å². The number of halogens is 9. The number of carbonyl (C=O) groups excluding carboxylic acids is 1. The van der Waals surface area contributed by atoms with Crippen LogP contribution < -0.4 is 10.1 Å². The van der Waals surface area contributed by atoms with Crippen LogP contribution in [-0.4, -0.2) is 17.3 Å². The van der Waals surface area contributed by atoms with Gasteiger partial charge < -0.3 is 10.1 Å².